The Morgan fingerprint density at radius 1 is 1.05 bits per heavy atom. The van der Waals surface area contributed by atoms with Gasteiger partial charge >= 0.3 is 5.97 Å². The van der Waals surface area contributed by atoms with Crippen LogP contribution in [0.4, 0.5) is 5.82 Å². The van der Waals surface area contributed by atoms with Crippen LogP contribution in [0.1, 0.15) is 61.0 Å². The van der Waals surface area contributed by atoms with E-state index in [9.17, 15) is 9.59 Å². The monoisotopic (exact) mass is 499 g/mol. The van der Waals surface area contributed by atoms with Gasteiger partial charge in [0.25, 0.3) is 0 Å². The third-order valence-corrected chi connectivity index (χ3v) is 7.22. The van der Waals surface area contributed by atoms with Crippen molar-refractivity contribution in [2.45, 2.75) is 44.9 Å². The zero-order valence-electron chi connectivity index (χ0n) is 20.8. The SMILES string of the molecule is COc1ccc(-c2ccc(-c3cnn4c(N)c(C(C)=O)c(C5CCC(CC(=O)O)CC5)nc34)cn2)cc1. The van der Waals surface area contributed by atoms with E-state index in [-0.39, 0.29) is 29.9 Å². The number of aliphatic carboxylic acids is 1. The number of carboxylic acid groups (broad SMARTS) is 1. The molecular formula is C28H29N5O4. The van der Waals surface area contributed by atoms with Crippen LogP contribution in [0, 0.1) is 5.92 Å². The van der Waals surface area contributed by atoms with E-state index in [1.165, 1.54) is 11.4 Å². The molecule has 9 nitrogen and oxygen atoms in total. The van der Waals surface area contributed by atoms with Crippen molar-refractivity contribution in [2.75, 3.05) is 12.8 Å². The highest BCUT2D eigenvalue weighted by Crippen LogP contribution is 2.40. The molecular weight excluding hydrogens is 470 g/mol. The van der Waals surface area contributed by atoms with Gasteiger partial charge in [0.15, 0.2) is 11.4 Å². The van der Waals surface area contributed by atoms with E-state index in [0.717, 1.165) is 53.8 Å². The average Bonchev–Trinajstić information content (AvgIpc) is 3.33. The van der Waals surface area contributed by atoms with Gasteiger partial charge in [-0.25, -0.2) is 4.98 Å². The summed E-state index contributed by atoms with van der Waals surface area (Å²) in [5.41, 5.74) is 11.5. The van der Waals surface area contributed by atoms with E-state index in [0.29, 0.717) is 16.9 Å². The maximum atomic E-state index is 12.6. The fourth-order valence-corrected chi connectivity index (χ4v) is 5.27. The molecule has 1 fully saturated rings. The number of nitrogens with two attached hydrogens (primary N) is 1. The fraction of sp³-hybridized carbons (Fsp3) is 0.321. The Labute approximate surface area is 214 Å². The largest absolute Gasteiger partial charge is 0.497 e. The highest BCUT2D eigenvalue weighted by atomic mass is 16.5. The molecule has 0 bridgehead atoms. The van der Waals surface area contributed by atoms with Crippen molar-refractivity contribution in [3.05, 3.63) is 60.0 Å². The minimum atomic E-state index is -0.771. The predicted molar refractivity (Wildman–Crippen MR) is 140 cm³/mol. The van der Waals surface area contributed by atoms with Gasteiger partial charge in [-0.05, 0) is 68.9 Å². The summed E-state index contributed by atoms with van der Waals surface area (Å²) < 4.78 is 6.75. The number of carboxylic acids is 1. The molecule has 37 heavy (non-hydrogen) atoms. The van der Waals surface area contributed by atoms with Gasteiger partial charge < -0.3 is 15.6 Å². The van der Waals surface area contributed by atoms with Gasteiger partial charge in [-0.3, -0.25) is 14.6 Å². The first-order valence-corrected chi connectivity index (χ1v) is 12.4. The summed E-state index contributed by atoms with van der Waals surface area (Å²) in [6.45, 7) is 1.49. The van der Waals surface area contributed by atoms with Crippen molar-refractivity contribution in [3.8, 4) is 28.1 Å². The van der Waals surface area contributed by atoms with Crippen LogP contribution in [0.25, 0.3) is 28.0 Å². The van der Waals surface area contributed by atoms with Gasteiger partial charge in [0.1, 0.15) is 11.6 Å². The topological polar surface area (TPSA) is 133 Å². The number of benzene rings is 1. The lowest BCUT2D eigenvalue weighted by Gasteiger charge is -2.28. The minimum Gasteiger partial charge on any atom is -0.497 e. The Bertz CT molecular complexity index is 1450. The summed E-state index contributed by atoms with van der Waals surface area (Å²) in [6.07, 6.45) is 6.75. The molecule has 190 valence electrons. The predicted octanol–water partition coefficient (Wildman–Crippen LogP) is 5.00. The molecule has 1 saturated carbocycles. The van der Waals surface area contributed by atoms with Gasteiger partial charge in [-0.2, -0.15) is 9.61 Å². The molecule has 9 heteroatoms. The first-order chi connectivity index (χ1) is 17.9. The number of ether oxygens (including phenoxy) is 1. The molecule has 0 amide bonds. The number of carbonyl (C=O) groups excluding carboxylic acids is 1. The number of carbonyl (C=O) groups is 2. The summed E-state index contributed by atoms with van der Waals surface area (Å²) in [4.78, 5) is 33.3. The lowest BCUT2D eigenvalue weighted by Crippen LogP contribution is -2.21. The molecule has 0 radical (unpaired) electrons. The molecule has 1 aliphatic rings. The number of anilines is 1. The molecule has 3 N–H and O–H groups in total. The molecule has 0 spiro atoms. The smallest absolute Gasteiger partial charge is 0.303 e. The summed E-state index contributed by atoms with van der Waals surface area (Å²) in [7, 11) is 1.63. The normalized spacial score (nSPS) is 17.6. The van der Waals surface area contributed by atoms with Crippen LogP contribution in [-0.4, -0.2) is 43.6 Å². The summed E-state index contributed by atoms with van der Waals surface area (Å²) in [5, 5.41) is 13.6. The van der Waals surface area contributed by atoms with Gasteiger partial charge in [0.2, 0.25) is 0 Å². The van der Waals surface area contributed by atoms with Crippen molar-refractivity contribution < 1.29 is 19.4 Å². The number of nitrogen functional groups attached to an aromatic ring is 1. The maximum Gasteiger partial charge on any atom is 0.303 e. The molecule has 0 unspecified atom stereocenters. The molecule has 5 rings (SSSR count). The Morgan fingerprint density at radius 3 is 2.35 bits per heavy atom. The first kappa shape index (κ1) is 24.4. The molecule has 1 aromatic carbocycles. The van der Waals surface area contributed by atoms with Crippen LogP contribution < -0.4 is 10.5 Å². The maximum absolute atomic E-state index is 12.6. The lowest BCUT2D eigenvalue weighted by molar-refractivity contribution is -0.138. The number of fused-ring (bicyclic) bond motifs is 1. The van der Waals surface area contributed by atoms with Crippen LogP contribution in [0.2, 0.25) is 0 Å². The second-order valence-electron chi connectivity index (χ2n) is 9.58. The van der Waals surface area contributed by atoms with Gasteiger partial charge in [0, 0.05) is 35.2 Å². The van der Waals surface area contributed by atoms with Crippen LogP contribution in [0.15, 0.2) is 48.8 Å². The quantitative estimate of drug-likeness (QED) is 0.340. The van der Waals surface area contributed by atoms with Crippen molar-refractivity contribution in [3.63, 3.8) is 0 Å². The minimum absolute atomic E-state index is 0.0366. The van der Waals surface area contributed by atoms with E-state index in [1.54, 1.807) is 19.5 Å². The Kier molecular flexibility index (Phi) is 6.60. The third-order valence-electron chi connectivity index (χ3n) is 7.22. The number of hydrogen-bond acceptors (Lipinski definition) is 7. The third kappa shape index (κ3) is 4.76. The van der Waals surface area contributed by atoms with Crippen molar-refractivity contribution in [1.82, 2.24) is 19.6 Å². The van der Waals surface area contributed by atoms with Gasteiger partial charge in [0.05, 0.1) is 30.3 Å². The van der Waals surface area contributed by atoms with Crippen LogP contribution in [-0.2, 0) is 4.79 Å². The van der Waals surface area contributed by atoms with E-state index in [1.807, 2.05) is 36.4 Å². The van der Waals surface area contributed by atoms with E-state index in [4.69, 9.17) is 20.6 Å². The standard InChI is InChI=1S/C28H29N5O4/c1-16(34)25-26(19-5-3-17(4-6-19)13-24(35)36)32-28-22(15-31-33(28)27(25)29)20-9-12-23(30-14-20)18-7-10-21(37-2)11-8-18/h7-12,14-15,17,19H,3-6,13,29H2,1-2H3,(H,35,36). The number of aromatic nitrogens is 4. The lowest BCUT2D eigenvalue weighted by atomic mass is 9.78. The highest BCUT2D eigenvalue weighted by molar-refractivity contribution is 6.00. The zero-order chi connectivity index (χ0) is 26.1. The van der Waals surface area contributed by atoms with Gasteiger partial charge in [-0.15, -0.1) is 0 Å². The summed E-state index contributed by atoms with van der Waals surface area (Å²) in [6, 6.07) is 11.6. The second-order valence-corrected chi connectivity index (χ2v) is 9.58. The molecule has 4 aromatic rings. The number of methoxy groups -OCH3 is 1. The number of hydrogen-bond donors (Lipinski definition) is 2. The van der Waals surface area contributed by atoms with Crippen molar-refractivity contribution >= 4 is 23.2 Å². The number of ketones is 1. The molecule has 1 aliphatic carbocycles. The Balaban J connectivity index is 1.50. The van der Waals surface area contributed by atoms with E-state index in [2.05, 4.69) is 10.1 Å². The van der Waals surface area contributed by atoms with Crippen LogP contribution in [0.3, 0.4) is 0 Å². The fourth-order valence-electron chi connectivity index (χ4n) is 5.27. The van der Waals surface area contributed by atoms with E-state index < -0.39 is 5.97 Å². The van der Waals surface area contributed by atoms with Crippen molar-refractivity contribution in [1.29, 1.82) is 0 Å². The van der Waals surface area contributed by atoms with E-state index >= 15 is 0 Å². The first-order valence-electron chi connectivity index (χ1n) is 12.4. The molecule has 0 aliphatic heterocycles. The summed E-state index contributed by atoms with van der Waals surface area (Å²) >= 11 is 0. The number of nitrogens with zero attached hydrogens (tertiary/aromatic N) is 4. The average molecular weight is 500 g/mol. The zero-order valence-corrected chi connectivity index (χ0v) is 20.8. The Morgan fingerprint density at radius 2 is 1.76 bits per heavy atom. The Hall–Kier alpha value is -4.27. The second kappa shape index (κ2) is 10.0. The number of rotatable bonds is 7. The number of Topliss-reactive ketones (excluding diaryl/α,β-unsaturated/α-hetero) is 1. The highest BCUT2D eigenvalue weighted by Gasteiger charge is 2.30. The van der Waals surface area contributed by atoms with Crippen molar-refractivity contribution in [2.24, 2.45) is 5.92 Å². The van der Waals surface area contributed by atoms with Crippen LogP contribution >= 0.6 is 0 Å². The molecule has 0 saturated heterocycles. The summed E-state index contributed by atoms with van der Waals surface area (Å²) in [5.74, 6) is 0.316. The molecule has 0 atom stereocenters. The molecule has 3 heterocycles. The number of pyridine rings is 1. The molecule has 3 aromatic heterocycles. The van der Waals surface area contributed by atoms with Crippen LogP contribution in [0.5, 0.6) is 5.75 Å². The van der Waals surface area contributed by atoms with Gasteiger partial charge in [-0.1, -0.05) is 6.07 Å².